The van der Waals surface area contributed by atoms with Gasteiger partial charge in [0, 0.05) is 17.0 Å². The van der Waals surface area contributed by atoms with Crippen LogP contribution in [0.5, 0.6) is 0 Å². The Bertz CT molecular complexity index is 939. The first-order chi connectivity index (χ1) is 14.0. The van der Waals surface area contributed by atoms with Gasteiger partial charge in [-0.05, 0) is 73.1 Å². The molecule has 8 heteroatoms. The summed E-state index contributed by atoms with van der Waals surface area (Å²) in [5.41, 5.74) is 2.54. The van der Waals surface area contributed by atoms with Gasteiger partial charge in [0.15, 0.2) is 0 Å². The number of nitrogens with zero attached hydrogens (tertiary/aromatic N) is 1. The van der Waals surface area contributed by atoms with Gasteiger partial charge in [0.05, 0.1) is 12.2 Å². The molecule has 3 rings (SSSR count). The van der Waals surface area contributed by atoms with Crippen molar-refractivity contribution in [1.82, 2.24) is 5.32 Å². The van der Waals surface area contributed by atoms with Crippen LogP contribution >= 0.6 is 22.7 Å². The lowest BCUT2D eigenvalue weighted by molar-refractivity contribution is -0.111. The first-order valence-electron chi connectivity index (χ1n) is 9.45. The van der Waals surface area contributed by atoms with Crippen LogP contribution in [0.15, 0.2) is 22.9 Å². The second-order valence-corrected chi connectivity index (χ2v) is 9.09. The van der Waals surface area contributed by atoms with E-state index < -0.39 is 6.09 Å². The van der Waals surface area contributed by atoms with Crippen molar-refractivity contribution in [1.29, 1.82) is 5.26 Å². The third-order valence-corrected chi connectivity index (χ3v) is 6.41. The van der Waals surface area contributed by atoms with Crippen LogP contribution in [0.25, 0.3) is 6.08 Å². The van der Waals surface area contributed by atoms with Gasteiger partial charge in [0.1, 0.15) is 11.1 Å². The lowest BCUT2D eigenvalue weighted by atomic mass is 9.88. The molecule has 1 unspecified atom stereocenters. The number of fused-ring (bicyclic) bond motifs is 1. The first kappa shape index (κ1) is 21.1. The fraction of sp³-hybridized carbons (Fsp3) is 0.381. The fourth-order valence-corrected chi connectivity index (χ4v) is 5.11. The maximum Gasteiger partial charge on any atom is 0.407 e. The van der Waals surface area contributed by atoms with Crippen LogP contribution in [-0.4, -0.2) is 24.6 Å². The van der Waals surface area contributed by atoms with Crippen LogP contribution in [0.2, 0.25) is 0 Å². The Morgan fingerprint density at radius 1 is 1.45 bits per heavy atom. The molecule has 29 heavy (non-hydrogen) atoms. The number of rotatable bonds is 6. The topological polar surface area (TPSA) is 91.2 Å². The van der Waals surface area contributed by atoms with Crippen LogP contribution in [-0.2, 0) is 22.4 Å². The molecule has 6 nitrogen and oxygen atoms in total. The number of ether oxygens (including phenoxy) is 1. The Kier molecular flexibility index (Phi) is 7.07. The monoisotopic (exact) mass is 429 g/mol. The zero-order valence-corrected chi connectivity index (χ0v) is 18.0. The Morgan fingerprint density at radius 3 is 2.97 bits per heavy atom. The largest absolute Gasteiger partial charge is 0.449 e. The van der Waals surface area contributed by atoms with Gasteiger partial charge in [-0.2, -0.15) is 16.6 Å². The van der Waals surface area contributed by atoms with E-state index in [4.69, 9.17) is 4.74 Å². The number of amides is 2. The molecule has 2 amide bonds. The van der Waals surface area contributed by atoms with Crippen molar-refractivity contribution in [3.63, 3.8) is 0 Å². The number of carbonyl (C=O) groups is 2. The predicted molar refractivity (Wildman–Crippen MR) is 116 cm³/mol. The molecule has 1 atom stereocenters. The van der Waals surface area contributed by atoms with E-state index in [1.165, 1.54) is 17.4 Å². The average Bonchev–Trinajstić information content (AvgIpc) is 3.31. The third-order valence-electron chi connectivity index (χ3n) is 4.54. The summed E-state index contributed by atoms with van der Waals surface area (Å²) in [6, 6.07) is 4.21. The van der Waals surface area contributed by atoms with E-state index in [-0.39, 0.29) is 17.9 Å². The normalized spacial score (nSPS) is 15.7. The summed E-state index contributed by atoms with van der Waals surface area (Å²) in [6.45, 7) is 4.12. The molecule has 1 aliphatic rings. The molecule has 0 fully saturated rings. The summed E-state index contributed by atoms with van der Waals surface area (Å²) in [7, 11) is 0. The molecule has 2 aromatic rings. The van der Waals surface area contributed by atoms with E-state index >= 15 is 0 Å². The number of carbonyl (C=O) groups excluding carboxylic acids is 2. The second kappa shape index (κ2) is 9.72. The maximum atomic E-state index is 12.3. The lowest BCUT2D eigenvalue weighted by Gasteiger charge is -2.22. The molecule has 2 N–H and O–H groups in total. The van der Waals surface area contributed by atoms with Gasteiger partial charge in [0.2, 0.25) is 5.91 Å². The van der Waals surface area contributed by atoms with Crippen LogP contribution in [0.3, 0.4) is 0 Å². The Morgan fingerprint density at radius 2 is 2.28 bits per heavy atom. The van der Waals surface area contributed by atoms with E-state index in [0.717, 1.165) is 35.3 Å². The number of alkyl carbamates (subject to hydrolysis) is 1. The van der Waals surface area contributed by atoms with Crippen LogP contribution in [0, 0.1) is 17.2 Å². The molecule has 0 aromatic carbocycles. The summed E-state index contributed by atoms with van der Waals surface area (Å²) in [5, 5.41) is 19.7. The summed E-state index contributed by atoms with van der Waals surface area (Å²) in [4.78, 5) is 25.0. The molecular weight excluding hydrogens is 406 g/mol. The van der Waals surface area contributed by atoms with Crippen molar-refractivity contribution < 1.29 is 14.3 Å². The lowest BCUT2D eigenvalue weighted by Crippen LogP contribution is -2.32. The van der Waals surface area contributed by atoms with E-state index in [2.05, 4.69) is 16.7 Å². The van der Waals surface area contributed by atoms with Gasteiger partial charge < -0.3 is 15.4 Å². The SMILES string of the molecule is CC(C)NC(=O)OCC1CCc2c(sc(NC(=O)/C=C/c3ccsc3)c2C#N)C1. The van der Waals surface area contributed by atoms with Gasteiger partial charge in [0.25, 0.3) is 0 Å². The molecular formula is C21H23N3O3S2. The van der Waals surface area contributed by atoms with Crippen LogP contribution in [0.4, 0.5) is 9.80 Å². The second-order valence-electron chi connectivity index (χ2n) is 7.21. The van der Waals surface area contributed by atoms with Crippen LogP contribution < -0.4 is 10.6 Å². The Labute approximate surface area is 178 Å². The molecule has 2 aromatic heterocycles. The third kappa shape index (κ3) is 5.68. The number of nitriles is 1. The summed E-state index contributed by atoms with van der Waals surface area (Å²) in [5.74, 6) is -0.0378. The number of nitrogens with one attached hydrogen (secondary N) is 2. The van der Waals surface area contributed by atoms with Crippen molar-refractivity contribution in [2.75, 3.05) is 11.9 Å². The number of anilines is 1. The Balaban J connectivity index is 1.63. The van der Waals surface area contributed by atoms with Crippen molar-refractivity contribution in [3.8, 4) is 6.07 Å². The smallest absolute Gasteiger partial charge is 0.407 e. The highest BCUT2D eigenvalue weighted by Gasteiger charge is 2.27. The van der Waals surface area contributed by atoms with Gasteiger partial charge in [-0.25, -0.2) is 4.79 Å². The Hall–Kier alpha value is -2.63. The molecule has 0 bridgehead atoms. The average molecular weight is 430 g/mol. The minimum absolute atomic E-state index is 0.0379. The molecule has 0 saturated heterocycles. The minimum Gasteiger partial charge on any atom is -0.449 e. The van der Waals surface area contributed by atoms with Crippen LogP contribution in [0.1, 0.15) is 41.8 Å². The zero-order chi connectivity index (χ0) is 20.8. The molecule has 0 aliphatic heterocycles. The van der Waals surface area contributed by atoms with Gasteiger partial charge in [-0.3, -0.25) is 4.79 Å². The number of hydrogen-bond acceptors (Lipinski definition) is 6. The minimum atomic E-state index is -0.403. The highest BCUT2D eigenvalue weighted by atomic mass is 32.1. The van der Waals surface area contributed by atoms with Gasteiger partial charge in [-0.15, -0.1) is 11.3 Å². The number of thiophene rings is 2. The molecule has 1 aliphatic carbocycles. The molecule has 0 spiro atoms. The maximum absolute atomic E-state index is 12.3. The number of hydrogen-bond donors (Lipinski definition) is 2. The summed E-state index contributed by atoms with van der Waals surface area (Å²) < 4.78 is 5.31. The highest BCUT2D eigenvalue weighted by Crippen LogP contribution is 2.39. The molecule has 152 valence electrons. The summed E-state index contributed by atoms with van der Waals surface area (Å²) in [6.07, 6.45) is 5.16. The van der Waals surface area contributed by atoms with E-state index in [1.807, 2.05) is 30.7 Å². The highest BCUT2D eigenvalue weighted by molar-refractivity contribution is 7.16. The van der Waals surface area contributed by atoms with Crippen molar-refractivity contribution in [2.24, 2.45) is 5.92 Å². The first-order valence-corrected chi connectivity index (χ1v) is 11.2. The van der Waals surface area contributed by atoms with E-state index in [9.17, 15) is 14.9 Å². The standard InChI is InChI=1S/C21H23N3O3S2/c1-13(2)23-21(26)27-11-15-3-5-16-17(10-22)20(29-18(16)9-15)24-19(25)6-4-14-7-8-28-12-14/h4,6-8,12-13,15H,3,5,9,11H2,1-2H3,(H,23,26)(H,24,25)/b6-4+. The van der Waals surface area contributed by atoms with Gasteiger partial charge >= 0.3 is 6.09 Å². The molecule has 0 radical (unpaired) electrons. The molecule has 2 heterocycles. The summed E-state index contributed by atoms with van der Waals surface area (Å²) >= 11 is 3.01. The van der Waals surface area contributed by atoms with Gasteiger partial charge in [-0.1, -0.05) is 0 Å². The zero-order valence-electron chi connectivity index (χ0n) is 16.4. The quantitative estimate of drug-likeness (QED) is 0.658. The van der Waals surface area contributed by atoms with Crippen molar-refractivity contribution in [3.05, 3.63) is 44.5 Å². The van der Waals surface area contributed by atoms with E-state index in [1.54, 1.807) is 17.4 Å². The molecule has 0 saturated carbocycles. The predicted octanol–water partition coefficient (Wildman–Crippen LogP) is 4.57. The fourth-order valence-electron chi connectivity index (χ4n) is 3.17. The van der Waals surface area contributed by atoms with E-state index in [0.29, 0.717) is 17.2 Å². The van der Waals surface area contributed by atoms with Crippen molar-refractivity contribution >= 4 is 45.8 Å². The van der Waals surface area contributed by atoms with Crippen molar-refractivity contribution in [2.45, 2.75) is 39.2 Å².